The molecule has 0 atom stereocenters. The number of aliphatic hydroxyl groups excluding tert-OH is 1. The number of rotatable bonds is 11. The van der Waals surface area contributed by atoms with Crippen LogP contribution in [0.1, 0.15) is 116 Å². The average molecular weight is 879 g/mol. The van der Waals surface area contributed by atoms with Crippen molar-refractivity contribution in [1.29, 1.82) is 0 Å². The molecule has 281 valence electrons. The summed E-state index contributed by atoms with van der Waals surface area (Å²) in [4.78, 5) is 16.7. The van der Waals surface area contributed by atoms with Gasteiger partial charge in [0.05, 0.1) is 5.76 Å². The molecule has 0 spiro atoms. The minimum atomic E-state index is -0.00290. The topological polar surface area (TPSA) is 63.3 Å². The Morgan fingerprint density at radius 3 is 2.02 bits per heavy atom. The molecule has 5 aromatic rings. The van der Waals surface area contributed by atoms with Crippen LogP contribution in [0.15, 0.2) is 70.8 Å². The van der Waals surface area contributed by atoms with Gasteiger partial charge < -0.3 is 9.52 Å². The zero-order valence-electron chi connectivity index (χ0n) is 33.6. The van der Waals surface area contributed by atoms with E-state index in [2.05, 4.69) is 109 Å². The van der Waals surface area contributed by atoms with Crippen LogP contribution in [-0.4, -0.2) is 15.9 Å². The van der Waals surface area contributed by atoms with E-state index in [-0.39, 0.29) is 48.9 Å². The normalized spacial score (nSPS) is 12.1. The maximum Gasteiger partial charge on any atom is 0.219 e. The van der Waals surface area contributed by atoms with Gasteiger partial charge in [-0.05, 0) is 98.1 Å². The molecular formula is C47H60IrNO3-. The third-order valence-corrected chi connectivity index (χ3v) is 10.1. The predicted octanol–water partition coefficient (Wildman–Crippen LogP) is 13.4. The number of carbonyl (C=O) groups is 1. The van der Waals surface area contributed by atoms with E-state index in [0.717, 1.165) is 59.9 Å². The largest absolute Gasteiger partial charge is 0.512 e. The number of nitrogens with zero attached hydrogens (tertiary/aromatic N) is 1. The maximum atomic E-state index is 11.7. The van der Waals surface area contributed by atoms with Gasteiger partial charge in [-0.1, -0.05) is 110 Å². The summed E-state index contributed by atoms with van der Waals surface area (Å²) < 4.78 is 6.11. The molecule has 0 aliphatic rings. The zero-order valence-corrected chi connectivity index (χ0v) is 36.0. The SMILES string of the molecule is CCC(CC)C(=O)/C=C(\O)C(CC)CC.Cc1cc2c(-c3c(C)cc(CC(C)C)cc3C)cc(-c3[c-]c4ccccc4c(C(C)(C)C)c3)nc2o1.[Ir]. The van der Waals surface area contributed by atoms with Crippen LogP contribution in [-0.2, 0) is 36.7 Å². The Bertz CT molecular complexity index is 1980. The molecule has 3 aromatic carbocycles. The van der Waals surface area contributed by atoms with E-state index in [1.807, 2.05) is 34.6 Å². The summed E-state index contributed by atoms with van der Waals surface area (Å²) in [6, 6.07) is 23.5. The van der Waals surface area contributed by atoms with Crippen molar-refractivity contribution in [3.8, 4) is 22.4 Å². The number of furan rings is 1. The Labute approximate surface area is 326 Å². The van der Waals surface area contributed by atoms with Crippen molar-refractivity contribution in [3.63, 3.8) is 0 Å². The van der Waals surface area contributed by atoms with Gasteiger partial charge in [-0.15, -0.1) is 29.1 Å². The molecule has 1 radical (unpaired) electrons. The van der Waals surface area contributed by atoms with E-state index in [4.69, 9.17) is 9.40 Å². The molecule has 0 saturated carbocycles. The van der Waals surface area contributed by atoms with Gasteiger partial charge in [0.25, 0.3) is 0 Å². The predicted molar refractivity (Wildman–Crippen MR) is 217 cm³/mol. The molecule has 1 N–H and O–H groups in total. The molecule has 0 aliphatic heterocycles. The average Bonchev–Trinajstić information content (AvgIpc) is 3.44. The Morgan fingerprint density at radius 2 is 1.46 bits per heavy atom. The van der Waals surface area contributed by atoms with Crippen LogP contribution >= 0.6 is 0 Å². The third kappa shape index (κ3) is 10.1. The van der Waals surface area contributed by atoms with Gasteiger partial charge in [0.2, 0.25) is 5.71 Å². The van der Waals surface area contributed by atoms with Gasteiger partial charge in [0, 0.05) is 49.1 Å². The quantitative estimate of drug-likeness (QED) is 0.0816. The number of benzene rings is 3. The van der Waals surface area contributed by atoms with Gasteiger partial charge in [-0.2, -0.15) is 0 Å². The molecule has 0 unspecified atom stereocenters. The number of carbonyl (C=O) groups excluding carboxylic acids is 1. The van der Waals surface area contributed by atoms with Crippen molar-refractivity contribution in [1.82, 2.24) is 4.98 Å². The van der Waals surface area contributed by atoms with E-state index in [0.29, 0.717) is 11.6 Å². The van der Waals surface area contributed by atoms with E-state index >= 15 is 0 Å². The number of hydrogen-bond donors (Lipinski definition) is 1. The van der Waals surface area contributed by atoms with E-state index in [1.54, 1.807) is 0 Å². The fourth-order valence-electron chi connectivity index (χ4n) is 7.31. The van der Waals surface area contributed by atoms with Crippen LogP contribution in [0.5, 0.6) is 0 Å². The standard InChI is InChI=1S/C34H36NO.C13H24O2.Ir/c1-20(2)13-24-14-21(3)32(22(4)15-24)28-19-31(35-33-29(28)16-23(5)36-33)26-17-25-11-9-10-12-27(25)30(18-26)34(6,7)8;1-5-10(6-2)12(14)9-13(15)11(7-3)8-4;/h9-12,14-16,18-20H,13H2,1-8H3;9-11,14H,5-8H2,1-4H3;/q-1;;/b;12-9-;. The van der Waals surface area contributed by atoms with Crippen LogP contribution < -0.4 is 0 Å². The van der Waals surface area contributed by atoms with Crippen molar-refractivity contribution in [3.05, 3.63) is 101 Å². The monoisotopic (exact) mass is 879 g/mol. The Hall–Kier alpha value is -3.53. The zero-order chi connectivity index (χ0) is 37.6. The maximum absolute atomic E-state index is 11.7. The molecule has 0 amide bonds. The van der Waals surface area contributed by atoms with Crippen molar-refractivity contribution < 1.29 is 34.4 Å². The molecule has 0 bridgehead atoms. The van der Waals surface area contributed by atoms with Gasteiger partial charge in [-0.3, -0.25) is 9.78 Å². The van der Waals surface area contributed by atoms with Crippen LogP contribution in [0.4, 0.5) is 0 Å². The van der Waals surface area contributed by atoms with Crippen LogP contribution in [0.2, 0.25) is 0 Å². The number of allylic oxidation sites excluding steroid dienone is 2. The minimum absolute atomic E-state index is 0. The Kier molecular flexibility index (Phi) is 15.2. The summed E-state index contributed by atoms with van der Waals surface area (Å²) in [7, 11) is 0. The number of ketones is 1. The second-order valence-electron chi connectivity index (χ2n) is 15.7. The number of fused-ring (bicyclic) bond motifs is 2. The molecule has 0 fully saturated rings. The first-order valence-electron chi connectivity index (χ1n) is 19.0. The van der Waals surface area contributed by atoms with Crippen LogP contribution in [0.25, 0.3) is 44.3 Å². The molecule has 2 heterocycles. The molecule has 52 heavy (non-hydrogen) atoms. The van der Waals surface area contributed by atoms with Crippen molar-refractivity contribution in [2.75, 3.05) is 0 Å². The summed E-state index contributed by atoms with van der Waals surface area (Å²) in [5.41, 5.74) is 10.3. The van der Waals surface area contributed by atoms with E-state index in [1.165, 1.54) is 44.8 Å². The fourth-order valence-corrected chi connectivity index (χ4v) is 7.31. The number of hydrogen-bond acceptors (Lipinski definition) is 4. The van der Waals surface area contributed by atoms with Gasteiger partial charge in [0.15, 0.2) is 5.78 Å². The number of aliphatic hydroxyl groups is 1. The van der Waals surface area contributed by atoms with E-state index < -0.39 is 0 Å². The third-order valence-electron chi connectivity index (χ3n) is 10.1. The van der Waals surface area contributed by atoms with Gasteiger partial charge >= 0.3 is 0 Å². The fraction of sp³-hybridized carbons (Fsp3) is 0.447. The van der Waals surface area contributed by atoms with Crippen molar-refractivity contribution in [2.24, 2.45) is 17.8 Å². The number of aromatic nitrogens is 1. The summed E-state index contributed by atoms with van der Waals surface area (Å²) in [5.74, 6) is 2.05. The smallest absolute Gasteiger partial charge is 0.219 e. The van der Waals surface area contributed by atoms with Crippen molar-refractivity contribution >= 4 is 27.7 Å². The number of aryl methyl sites for hydroxylation is 3. The summed E-state index contributed by atoms with van der Waals surface area (Å²) in [6.45, 7) is 25.9. The molecule has 2 aromatic heterocycles. The Morgan fingerprint density at radius 1 is 0.865 bits per heavy atom. The second kappa shape index (κ2) is 18.5. The first-order chi connectivity index (χ1) is 24.1. The van der Waals surface area contributed by atoms with Crippen LogP contribution in [0.3, 0.4) is 0 Å². The summed E-state index contributed by atoms with van der Waals surface area (Å²) in [6.07, 6.45) is 5.99. The number of pyridine rings is 1. The summed E-state index contributed by atoms with van der Waals surface area (Å²) in [5, 5.41) is 13.2. The molecule has 5 heteroatoms. The molecule has 4 nitrogen and oxygen atoms in total. The molecular weight excluding hydrogens is 819 g/mol. The van der Waals surface area contributed by atoms with Crippen LogP contribution in [0, 0.1) is 44.6 Å². The van der Waals surface area contributed by atoms with E-state index in [9.17, 15) is 9.90 Å². The molecule has 0 saturated heterocycles. The second-order valence-corrected chi connectivity index (χ2v) is 15.7. The Balaban J connectivity index is 0.000000389. The minimum Gasteiger partial charge on any atom is -0.512 e. The molecule has 5 rings (SSSR count). The molecule has 0 aliphatic carbocycles. The first kappa shape index (κ1) is 42.9. The van der Waals surface area contributed by atoms with Crippen molar-refractivity contribution in [2.45, 2.75) is 121 Å². The first-order valence-corrected chi connectivity index (χ1v) is 19.0. The van der Waals surface area contributed by atoms with Gasteiger partial charge in [-0.25, -0.2) is 0 Å². The van der Waals surface area contributed by atoms with Gasteiger partial charge in [0.1, 0.15) is 5.76 Å². The summed E-state index contributed by atoms with van der Waals surface area (Å²) >= 11 is 0.